The molecular formula is C27H31N3O5S2. The topological polar surface area (TPSA) is 104 Å². The number of piperazine rings is 1. The number of para-hydroxylation sites is 1. The lowest BCUT2D eigenvalue weighted by Crippen LogP contribution is -2.60. The third kappa shape index (κ3) is 5.47. The third-order valence-electron chi connectivity index (χ3n) is 6.57. The molecule has 0 radical (unpaired) electrons. The van der Waals surface area contributed by atoms with Crippen molar-refractivity contribution in [2.24, 2.45) is 0 Å². The fourth-order valence-electron chi connectivity index (χ4n) is 4.54. The number of aryl methyl sites for hydroxylation is 2. The lowest BCUT2D eigenvalue weighted by molar-refractivity contribution is -0.120. The lowest BCUT2D eigenvalue weighted by atomic mass is 10.0. The number of hydrogen-bond acceptors (Lipinski definition) is 5. The molecule has 3 aromatic rings. The van der Waals surface area contributed by atoms with Crippen LogP contribution in [0.5, 0.6) is 0 Å². The summed E-state index contributed by atoms with van der Waals surface area (Å²) < 4.78 is 56.3. The normalized spacial score (nSPS) is 17.4. The van der Waals surface area contributed by atoms with Crippen LogP contribution in [0.15, 0.2) is 88.7 Å². The van der Waals surface area contributed by atoms with E-state index in [1.54, 1.807) is 36.4 Å². The van der Waals surface area contributed by atoms with Crippen LogP contribution >= 0.6 is 0 Å². The Morgan fingerprint density at radius 3 is 1.78 bits per heavy atom. The van der Waals surface area contributed by atoms with E-state index in [1.807, 2.05) is 32.0 Å². The number of anilines is 1. The summed E-state index contributed by atoms with van der Waals surface area (Å²) in [5, 5.41) is 2.95. The zero-order valence-electron chi connectivity index (χ0n) is 20.9. The summed E-state index contributed by atoms with van der Waals surface area (Å²) in [5.41, 5.74) is 2.50. The maximum Gasteiger partial charge on any atom is 0.244 e. The first-order valence-electron chi connectivity index (χ1n) is 12.2. The second-order valence-corrected chi connectivity index (χ2v) is 12.6. The summed E-state index contributed by atoms with van der Waals surface area (Å²) >= 11 is 0. The van der Waals surface area contributed by atoms with Crippen LogP contribution < -0.4 is 5.32 Å². The molecular weight excluding hydrogens is 510 g/mol. The molecule has 0 spiro atoms. The minimum absolute atomic E-state index is 0.0513. The smallest absolute Gasteiger partial charge is 0.244 e. The number of benzene rings is 3. The van der Waals surface area contributed by atoms with Gasteiger partial charge in [-0.2, -0.15) is 8.61 Å². The van der Waals surface area contributed by atoms with Crippen LogP contribution in [0.2, 0.25) is 0 Å². The molecule has 1 heterocycles. The second kappa shape index (κ2) is 11.1. The SMILES string of the molecule is CCc1cccc(CC)c1NC(=O)[C@H]1CN(S(=O)(=O)c2ccccc2)CCN1S(=O)(=O)c1ccccc1. The Balaban J connectivity index is 1.73. The molecule has 1 aliphatic heterocycles. The molecule has 37 heavy (non-hydrogen) atoms. The van der Waals surface area contributed by atoms with E-state index in [4.69, 9.17) is 0 Å². The molecule has 8 nitrogen and oxygen atoms in total. The van der Waals surface area contributed by atoms with Crippen LogP contribution in [-0.2, 0) is 37.7 Å². The molecule has 196 valence electrons. The van der Waals surface area contributed by atoms with Crippen molar-refractivity contribution in [2.75, 3.05) is 25.0 Å². The Kier molecular flexibility index (Phi) is 8.13. The van der Waals surface area contributed by atoms with E-state index in [0.29, 0.717) is 18.5 Å². The number of rotatable bonds is 8. The average Bonchev–Trinajstić information content (AvgIpc) is 2.93. The highest BCUT2D eigenvalue weighted by molar-refractivity contribution is 7.89. The molecule has 1 N–H and O–H groups in total. The molecule has 1 fully saturated rings. The fraction of sp³-hybridized carbons (Fsp3) is 0.296. The van der Waals surface area contributed by atoms with Crippen molar-refractivity contribution in [3.63, 3.8) is 0 Å². The molecule has 1 atom stereocenters. The maximum atomic E-state index is 13.8. The van der Waals surface area contributed by atoms with E-state index >= 15 is 0 Å². The van der Waals surface area contributed by atoms with Gasteiger partial charge in [-0.3, -0.25) is 4.79 Å². The van der Waals surface area contributed by atoms with Crippen molar-refractivity contribution in [1.29, 1.82) is 0 Å². The first-order chi connectivity index (χ1) is 17.7. The molecule has 4 rings (SSSR count). The Bertz CT molecular complexity index is 1440. The highest BCUT2D eigenvalue weighted by Gasteiger charge is 2.43. The monoisotopic (exact) mass is 541 g/mol. The minimum atomic E-state index is -4.06. The zero-order chi connectivity index (χ0) is 26.6. The molecule has 0 aromatic heterocycles. The van der Waals surface area contributed by atoms with E-state index in [1.165, 1.54) is 28.6 Å². The van der Waals surface area contributed by atoms with Gasteiger partial charge in [-0.15, -0.1) is 0 Å². The van der Waals surface area contributed by atoms with E-state index in [0.717, 1.165) is 15.4 Å². The number of amides is 1. The van der Waals surface area contributed by atoms with Gasteiger partial charge in [0.1, 0.15) is 6.04 Å². The van der Waals surface area contributed by atoms with Crippen molar-refractivity contribution in [3.05, 3.63) is 90.0 Å². The van der Waals surface area contributed by atoms with E-state index in [-0.39, 0.29) is 29.4 Å². The molecule has 0 aliphatic carbocycles. The van der Waals surface area contributed by atoms with Crippen LogP contribution in [0, 0.1) is 0 Å². The maximum absolute atomic E-state index is 13.8. The summed E-state index contributed by atoms with van der Waals surface area (Å²) in [4.78, 5) is 13.9. The van der Waals surface area contributed by atoms with Gasteiger partial charge in [-0.25, -0.2) is 16.8 Å². The standard InChI is InChI=1S/C27H31N3O5S2/c1-3-21-12-11-13-22(4-2)26(21)28-27(31)25-20-29(36(32,33)23-14-7-5-8-15-23)18-19-30(25)37(34,35)24-16-9-6-10-17-24/h5-17,25H,3-4,18-20H2,1-2H3,(H,28,31)/t25-/m1/s1. The lowest BCUT2D eigenvalue weighted by Gasteiger charge is -2.39. The predicted molar refractivity (Wildman–Crippen MR) is 143 cm³/mol. The van der Waals surface area contributed by atoms with E-state index in [2.05, 4.69) is 5.32 Å². The number of carbonyl (C=O) groups is 1. The van der Waals surface area contributed by atoms with E-state index < -0.39 is 32.0 Å². The summed E-state index contributed by atoms with van der Waals surface area (Å²) in [6.45, 7) is 3.43. The molecule has 10 heteroatoms. The number of sulfonamides is 2. The largest absolute Gasteiger partial charge is 0.324 e. The van der Waals surface area contributed by atoms with Gasteiger partial charge in [0.15, 0.2) is 0 Å². The third-order valence-corrected chi connectivity index (χ3v) is 10.4. The first kappa shape index (κ1) is 27.0. The van der Waals surface area contributed by atoms with E-state index in [9.17, 15) is 21.6 Å². The Morgan fingerprint density at radius 1 is 0.757 bits per heavy atom. The molecule has 0 unspecified atom stereocenters. The number of nitrogens with zero attached hydrogens (tertiary/aromatic N) is 2. The highest BCUT2D eigenvalue weighted by atomic mass is 32.2. The number of carbonyl (C=O) groups excluding carboxylic acids is 1. The van der Waals surface area contributed by atoms with Crippen LogP contribution in [0.3, 0.4) is 0 Å². The molecule has 3 aromatic carbocycles. The van der Waals surface area contributed by atoms with Crippen molar-refractivity contribution in [2.45, 2.75) is 42.5 Å². The Hall–Kier alpha value is -3.05. The van der Waals surface area contributed by atoms with Crippen LogP contribution in [-0.4, -0.2) is 57.0 Å². The summed E-state index contributed by atoms with van der Waals surface area (Å²) in [6, 6.07) is 20.3. The number of nitrogens with one attached hydrogen (secondary N) is 1. The van der Waals surface area contributed by atoms with Gasteiger partial charge in [0.05, 0.1) is 9.79 Å². The molecule has 1 aliphatic rings. The van der Waals surface area contributed by atoms with Gasteiger partial charge >= 0.3 is 0 Å². The van der Waals surface area contributed by atoms with Crippen LogP contribution in [0.1, 0.15) is 25.0 Å². The van der Waals surface area contributed by atoms with Gasteiger partial charge in [-0.05, 0) is 48.2 Å². The molecule has 1 amide bonds. The van der Waals surface area contributed by atoms with Gasteiger partial charge in [-0.1, -0.05) is 68.4 Å². The predicted octanol–water partition coefficient (Wildman–Crippen LogP) is 3.51. The van der Waals surface area contributed by atoms with Crippen molar-refractivity contribution >= 4 is 31.6 Å². The zero-order valence-corrected chi connectivity index (χ0v) is 22.5. The average molecular weight is 542 g/mol. The van der Waals surface area contributed by atoms with Gasteiger partial charge in [0, 0.05) is 25.3 Å². The van der Waals surface area contributed by atoms with Crippen molar-refractivity contribution in [3.8, 4) is 0 Å². The molecule has 0 bridgehead atoms. The quantitative estimate of drug-likeness (QED) is 0.470. The van der Waals surface area contributed by atoms with Gasteiger partial charge < -0.3 is 5.32 Å². The second-order valence-electron chi connectivity index (χ2n) is 8.77. The summed E-state index contributed by atoms with van der Waals surface area (Å²) in [5.74, 6) is -0.567. The van der Waals surface area contributed by atoms with Crippen molar-refractivity contribution in [1.82, 2.24) is 8.61 Å². The Morgan fingerprint density at radius 2 is 1.27 bits per heavy atom. The molecule has 0 saturated carbocycles. The Labute approximate surface area is 219 Å². The summed E-state index contributed by atoms with van der Waals surface area (Å²) in [6.07, 6.45) is 1.35. The summed E-state index contributed by atoms with van der Waals surface area (Å²) in [7, 11) is -7.99. The van der Waals surface area contributed by atoms with Gasteiger partial charge in [0.2, 0.25) is 26.0 Å². The number of hydrogen-bond donors (Lipinski definition) is 1. The fourth-order valence-corrected chi connectivity index (χ4v) is 7.59. The first-order valence-corrected chi connectivity index (χ1v) is 15.1. The minimum Gasteiger partial charge on any atom is -0.324 e. The van der Waals surface area contributed by atoms with Crippen LogP contribution in [0.25, 0.3) is 0 Å². The van der Waals surface area contributed by atoms with Gasteiger partial charge in [0.25, 0.3) is 0 Å². The highest BCUT2D eigenvalue weighted by Crippen LogP contribution is 2.28. The van der Waals surface area contributed by atoms with Crippen LogP contribution in [0.4, 0.5) is 5.69 Å². The molecule has 1 saturated heterocycles. The van der Waals surface area contributed by atoms with Crippen molar-refractivity contribution < 1.29 is 21.6 Å².